The third-order valence-electron chi connectivity index (χ3n) is 2.41. The molecule has 4 heteroatoms. The number of rotatable bonds is 4. The maximum Gasteiger partial charge on any atom is 0.251 e. The summed E-state index contributed by atoms with van der Waals surface area (Å²) < 4.78 is 5.10. The van der Waals surface area contributed by atoms with Crippen LogP contribution in [0.3, 0.4) is 0 Å². The van der Waals surface area contributed by atoms with Gasteiger partial charge in [-0.05, 0) is 30.5 Å². The maximum atomic E-state index is 11.9. The SMILES string of the molecule is COc1cc(C)c(C(=O)NCC(C)C)cc1Cl. The number of carbonyl (C=O) groups excluding carboxylic acids is 1. The lowest BCUT2D eigenvalue weighted by Crippen LogP contribution is -2.27. The smallest absolute Gasteiger partial charge is 0.251 e. The molecule has 0 radical (unpaired) electrons. The Morgan fingerprint density at radius 1 is 1.47 bits per heavy atom. The molecule has 0 fully saturated rings. The summed E-state index contributed by atoms with van der Waals surface area (Å²) in [5.41, 5.74) is 1.45. The largest absolute Gasteiger partial charge is 0.495 e. The Morgan fingerprint density at radius 3 is 2.65 bits per heavy atom. The molecule has 0 bridgehead atoms. The molecule has 1 aromatic carbocycles. The molecular weight excluding hydrogens is 238 g/mol. The van der Waals surface area contributed by atoms with Gasteiger partial charge >= 0.3 is 0 Å². The van der Waals surface area contributed by atoms with Crippen LogP contribution in [-0.4, -0.2) is 19.6 Å². The number of amides is 1. The van der Waals surface area contributed by atoms with Crippen LogP contribution in [0.25, 0.3) is 0 Å². The van der Waals surface area contributed by atoms with Crippen LogP contribution in [0, 0.1) is 12.8 Å². The molecule has 0 saturated carbocycles. The molecule has 0 heterocycles. The topological polar surface area (TPSA) is 38.3 Å². The quantitative estimate of drug-likeness (QED) is 0.898. The number of methoxy groups -OCH3 is 1. The summed E-state index contributed by atoms with van der Waals surface area (Å²) in [5, 5.41) is 3.32. The van der Waals surface area contributed by atoms with Crippen molar-refractivity contribution in [1.29, 1.82) is 0 Å². The Labute approximate surface area is 107 Å². The normalized spacial score (nSPS) is 10.5. The van der Waals surface area contributed by atoms with Crippen molar-refractivity contribution in [3.63, 3.8) is 0 Å². The van der Waals surface area contributed by atoms with Gasteiger partial charge in [0, 0.05) is 12.1 Å². The van der Waals surface area contributed by atoms with E-state index in [1.165, 1.54) is 0 Å². The Kier molecular flexibility index (Phi) is 4.82. The van der Waals surface area contributed by atoms with E-state index in [1.54, 1.807) is 19.2 Å². The van der Waals surface area contributed by atoms with Crippen LogP contribution in [0.4, 0.5) is 0 Å². The minimum atomic E-state index is -0.0965. The highest BCUT2D eigenvalue weighted by atomic mass is 35.5. The van der Waals surface area contributed by atoms with E-state index in [4.69, 9.17) is 16.3 Å². The first-order valence-electron chi connectivity index (χ1n) is 5.58. The van der Waals surface area contributed by atoms with E-state index in [2.05, 4.69) is 5.32 Å². The number of hydrogen-bond donors (Lipinski definition) is 1. The summed E-state index contributed by atoms with van der Waals surface area (Å²) in [6.45, 7) is 6.62. The van der Waals surface area contributed by atoms with Crippen LogP contribution in [-0.2, 0) is 0 Å². The fourth-order valence-electron chi connectivity index (χ4n) is 1.45. The zero-order chi connectivity index (χ0) is 13.0. The molecule has 1 N–H and O–H groups in total. The van der Waals surface area contributed by atoms with E-state index in [-0.39, 0.29) is 5.91 Å². The minimum Gasteiger partial charge on any atom is -0.495 e. The highest BCUT2D eigenvalue weighted by Crippen LogP contribution is 2.27. The van der Waals surface area contributed by atoms with Gasteiger partial charge in [-0.15, -0.1) is 0 Å². The number of ether oxygens (including phenoxy) is 1. The Balaban J connectivity index is 2.91. The molecular formula is C13H18ClNO2. The molecule has 0 saturated heterocycles. The first-order chi connectivity index (χ1) is 7.95. The van der Waals surface area contributed by atoms with Gasteiger partial charge in [0.2, 0.25) is 0 Å². The van der Waals surface area contributed by atoms with E-state index in [9.17, 15) is 4.79 Å². The van der Waals surface area contributed by atoms with E-state index >= 15 is 0 Å². The van der Waals surface area contributed by atoms with E-state index < -0.39 is 0 Å². The van der Waals surface area contributed by atoms with Gasteiger partial charge in [0.1, 0.15) is 5.75 Å². The molecule has 1 rings (SSSR count). The van der Waals surface area contributed by atoms with Crippen LogP contribution in [0.15, 0.2) is 12.1 Å². The first-order valence-corrected chi connectivity index (χ1v) is 5.95. The summed E-state index contributed by atoms with van der Waals surface area (Å²) in [6.07, 6.45) is 0. The predicted molar refractivity (Wildman–Crippen MR) is 69.9 cm³/mol. The Morgan fingerprint density at radius 2 is 2.12 bits per heavy atom. The zero-order valence-electron chi connectivity index (χ0n) is 10.6. The average molecular weight is 256 g/mol. The summed E-state index contributed by atoms with van der Waals surface area (Å²) in [6, 6.07) is 3.41. The second-order valence-electron chi connectivity index (χ2n) is 4.41. The number of hydrogen-bond acceptors (Lipinski definition) is 2. The number of halogens is 1. The number of carbonyl (C=O) groups is 1. The van der Waals surface area contributed by atoms with Crippen LogP contribution in [0.1, 0.15) is 29.8 Å². The van der Waals surface area contributed by atoms with Gasteiger partial charge in [-0.3, -0.25) is 4.79 Å². The van der Waals surface area contributed by atoms with Gasteiger partial charge in [0.05, 0.1) is 12.1 Å². The molecule has 0 aromatic heterocycles. The monoisotopic (exact) mass is 255 g/mol. The van der Waals surface area contributed by atoms with Crippen molar-refractivity contribution in [2.45, 2.75) is 20.8 Å². The fourth-order valence-corrected chi connectivity index (χ4v) is 1.69. The number of aryl methyl sites for hydroxylation is 1. The van der Waals surface area contributed by atoms with Crippen molar-refractivity contribution in [3.05, 3.63) is 28.3 Å². The Hall–Kier alpha value is -1.22. The minimum absolute atomic E-state index is 0.0965. The maximum absolute atomic E-state index is 11.9. The Bertz CT molecular complexity index is 416. The lowest BCUT2D eigenvalue weighted by Gasteiger charge is -2.11. The standard InChI is InChI=1S/C13H18ClNO2/c1-8(2)7-15-13(16)10-6-11(14)12(17-4)5-9(10)3/h5-6,8H,7H2,1-4H3,(H,15,16). The lowest BCUT2D eigenvalue weighted by atomic mass is 10.1. The molecule has 94 valence electrons. The van der Waals surface area contributed by atoms with Crippen molar-refractivity contribution < 1.29 is 9.53 Å². The molecule has 1 aromatic rings. The highest BCUT2D eigenvalue weighted by Gasteiger charge is 2.12. The third kappa shape index (κ3) is 3.63. The van der Waals surface area contributed by atoms with E-state index in [0.717, 1.165) is 5.56 Å². The van der Waals surface area contributed by atoms with Crippen molar-refractivity contribution in [2.24, 2.45) is 5.92 Å². The van der Waals surface area contributed by atoms with E-state index in [0.29, 0.717) is 28.8 Å². The van der Waals surface area contributed by atoms with Crippen molar-refractivity contribution in [3.8, 4) is 5.75 Å². The van der Waals surface area contributed by atoms with Crippen molar-refractivity contribution >= 4 is 17.5 Å². The average Bonchev–Trinajstić information content (AvgIpc) is 2.28. The van der Waals surface area contributed by atoms with Crippen molar-refractivity contribution in [2.75, 3.05) is 13.7 Å². The number of benzene rings is 1. The molecule has 0 unspecified atom stereocenters. The van der Waals surface area contributed by atoms with Gasteiger partial charge in [0.15, 0.2) is 0 Å². The summed E-state index contributed by atoms with van der Waals surface area (Å²) in [5.74, 6) is 0.915. The van der Waals surface area contributed by atoms with Crippen LogP contribution in [0.5, 0.6) is 5.75 Å². The van der Waals surface area contributed by atoms with Gasteiger partial charge in [-0.1, -0.05) is 25.4 Å². The predicted octanol–water partition coefficient (Wildman–Crippen LogP) is 3.04. The molecule has 3 nitrogen and oxygen atoms in total. The molecule has 0 spiro atoms. The molecule has 0 aliphatic rings. The van der Waals surface area contributed by atoms with Crippen LogP contribution < -0.4 is 10.1 Å². The second kappa shape index (κ2) is 5.92. The second-order valence-corrected chi connectivity index (χ2v) is 4.81. The first kappa shape index (κ1) is 13.8. The van der Waals surface area contributed by atoms with Gasteiger partial charge in [-0.2, -0.15) is 0 Å². The molecule has 1 amide bonds. The highest BCUT2D eigenvalue weighted by molar-refractivity contribution is 6.32. The van der Waals surface area contributed by atoms with Crippen LogP contribution in [0.2, 0.25) is 5.02 Å². The zero-order valence-corrected chi connectivity index (χ0v) is 11.4. The van der Waals surface area contributed by atoms with E-state index in [1.807, 2.05) is 20.8 Å². The summed E-state index contributed by atoms with van der Waals surface area (Å²) >= 11 is 6.00. The molecule has 0 atom stereocenters. The summed E-state index contributed by atoms with van der Waals surface area (Å²) in [4.78, 5) is 11.9. The molecule has 0 aliphatic carbocycles. The van der Waals surface area contributed by atoms with Gasteiger partial charge in [0.25, 0.3) is 5.91 Å². The van der Waals surface area contributed by atoms with Crippen molar-refractivity contribution in [1.82, 2.24) is 5.32 Å². The third-order valence-corrected chi connectivity index (χ3v) is 2.71. The molecule has 0 aliphatic heterocycles. The van der Waals surface area contributed by atoms with Gasteiger partial charge < -0.3 is 10.1 Å². The number of nitrogens with one attached hydrogen (secondary N) is 1. The van der Waals surface area contributed by atoms with Crippen LogP contribution >= 0.6 is 11.6 Å². The lowest BCUT2D eigenvalue weighted by molar-refractivity contribution is 0.0948. The molecule has 17 heavy (non-hydrogen) atoms. The fraction of sp³-hybridized carbons (Fsp3) is 0.462. The summed E-state index contributed by atoms with van der Waals surface area (Å²) in [7, 11) is 1.55. The van der Waals surface area contributed by atoms with Gasteiger partial charge in [-0.25, -0.2) is 0 Å².